The van der Waals surface area contributed by atoms with Crippen molar-refractivity contribution >= 4 is 5.97 Å². The normalized spacial score (nSPS) is 10.2. The molecule has 0 aliphatic rings. The highest BCUT2D eigenvalue weighted by atomic mass is 16.4. The molecule has 0 bridgehead atoms. The van der Waals surface area contributed by atoms with Crippen LogP contribution in [0.4, 0.5) is 0 Å². The largest absolute Gasteiger partial charge is 0.481 e. The minimum Gasteiger partial charge on any atom is -0.481 e. The summed E-state index contributed by atoms with van der Waals surface area (Å²) >= 11 is 0. The number of nitrogens with two attached hydrogens (primary N) is 1. The molecule has 3 N–H and O–H groups in total. The maximum atomic E-state index is 9.00. The Bertz CT molecular complexity index is 323. The lowest BCUT2D eigenvalue weighted by atomic mass is 9.92. The minimum absolute atomic E-state index is 0.217. The molecule has 0 aliphatic heterocycles. The van der Waals surface area contributed by atoms with Gasteiger partial charge in [0.2, 0.25) is 0 Å². The van der Waals surface area contributed by atoms with E-state index < -0.39 is 5.97 Å². The van der Waals surface area contributed by atoms with Crippen LogP contribution in [0.3, 0.4) is 0 Å². The molecule has 0 atom stereocenters. The molecule has 0 spiro atoms. The van der Waals surface area contributed by atoms with Crippen molar-refractivity contribution in [2.45, 2.75) is 33.2 Å². The third-order valence-electron chi connectivity index (χ3n) is 1.84. The maximum absolute atomic E-state index is 9.00. The van der Waals surface area contributed by atoms with Gasteiger partial charge in [0, 0.05) is 12.5 Å². The highest BCUT2D eigenvalue weighted by Crippen LogP contribution is 2.19. The zero-order valence-corrected chi connectivity index (χ0v) is 9.74. The Labute approximate surface area is 90.9 Å². The Morgan fingerprint density at radius 1 is 1.33 bits per heavy atom. The number of aryl methyl sites for hydroxylation is 1. The Morgan fingerprint density at radius 2 is 1.73 bits per heavy atom. The van der Waals surface area contributed by atoms with Crippen LogP contribution in [0.1, 0.15) is 31.9 Å². The van der Waals surface area contributed by atoms with E-state index in [2.05, 4.69) is 19.1 Å². The van der Waals surface area contributed by atoms with Crippen molar-refractivity contribution in [1.29, 1.82) is 0 Å². The van der Waals surface area contributed by atoms with Crippen molar-refractivity contribution in [3.8, 4) is 0 Å². The van der Waals surface area contributed by atoms with E-state index in [0.29, 0.717) is 0 Å². The fourth-order valence-corrected chi connectivity index (χ4v) is 1.30. The average molecular weight is 209 g/mol. The Morgan fingerprint density at radius 3 is 2.00 bits per heavy atom. The average Bonchev–Trinajstić information content (AvgIpc) is 2.01. The molecule has 0 saturated carbocycles. The summed E-state index contributed by atoms with van der Waals surface area (Å²) in [6.45, 7) is 7.22. The summed E-state index contributed by atoms with van der Waals surface area (Å²) in [6.07, 6.45) is 0. The lowest BCUT2D eigenvalue weighted by Gasteiger charge is -2.21. The number of aliphatic carboxylic acids is 1. The molecule has 0 aromatic heterocycles. The van der Waals surface area contributed by atoms with Crippen molar-refractivity contribution in [3.05, 3.63) is 35.4 Å². The van der Waals surface area contributed by atoms with Crippen molar-refractivity contribution in [1.82, 2.24) is 0 Å². The molecule has 3 heteroatoms. The van der Waals surface area contributed by atoms with E-state index in [4.69, 9.17) is 15.6 Å². The predicted molar refractivity (Wildman–Crippen MR) is 61.7 cm³/mol. The van der Waals surface area contributed by atoms with Crippen LogP contribution in [0.2, 0.25) is 0 Å². The molecule has 0 fully saturated rings. The first-order valence-corrected chi connectivity index (χ1v) is 4.79. The zero-order chi connectivity index (χ0) is 12.1. The van der Waals surface area contributed by atoms with Crippen LogP contribution >= 0.6 is 0 Å². The lowest BCUT2D eigenvalue weighted by Crippen LogP contribution is -2.29. The van der Waals surface area contributed by atoms with Crippen molar-refractivity contribution in [3.63, 3.8) is 0 Å². The maximum Gasteiger partial charge on any atom is 0.300 e. The van der Waals surface area contributed by atoms with Crippen LogP contribution in [0, 0.1) is 6.92 Å². The lowest BCUT2D eigenvalue weighted by molar-refractivity contribution is -0.134. The molecule has 0 aliphatic carbocycles. The third kappa shape index (κ3) is 5.86. The van der Waals surface area contributed by atoms with Crippen molar-refractivity contribution in [2.24, 2.45) is 5.73 Å². The molecule has 0 radical (unpaired) electrons. The van der Waals surface area contributed by atoms with Crippen LogP contribution in [-0.4, -0.2) is 11.1 Å². The van der Waals surface area contributed by atoms with Crippen LogP contribution in [-0.2, 0) is 10.3 Å². The SMILES string of the molecule is CC(=O)O.Cc1ccccc1C(C)(C)N. The molecule has 84 valence electrons. The highest BCUT2D eigenvalue weighted by Gasteiger charge is 2.14. The first-order valence-electron chi connectivity index (χ1n) is 4.79. The Balaban J connectivity index is 0.000000423. The van der Waals surface area contributed by atoms with Gasteiger partial charge in [0.1, 0.15) is 0 Å². The monoisotopic (exact) mass is 209 g/mol. The number of hydrogen-bond acceptors (Lipinski definition) is 2. The van der Waals surface area contributed by atoms with Crippen molar-refractivity contribution < 1.29 is 9.90 Å². The van der Waals surface area contributed by atoms with Gasteiger partial charge in [-0.3, -0.25) is 4.79 Å². The fourth-order valence-electron chi connectivity index (χ4n) is 1.30. The van der Waals surface area contributed by atoms with Gasteiger partial charge in [-0.15, -0.1) is 0 Å². The van der Waals surface area contributed by atoms with Gasteiger partial charge in [-0.1, -0.05) is 24.3 Å². The molecule has 1 aromatic rings. The number of carboxylic acids is 1. The van der Waals surface area contributed by atoms with Crippen molar-refractivity contribution in [2.75, 3.05) is 0 Å². The van der Waals surface area contributed by atoms with Gasteiger partial charge in [-0.2, -0.15) is 0 Å². The zero-order valence-electron chi connectivity index (χ0n) is 9.74. The summed E-state index contributed by atoms with van der Waals surface area (Å²) in [5.41, 5.74) is 8.23. The van der Waals surface area contributed by atoms with Gasteiger partial charge < -0.3 is 10.8 Å². The van der Waals surface area contributed by atoms with Gasteiger partial charge in [0.15, 0.2) is 0 Å². The molecule has 1 aromatic carbocycles. The summed E-state index contributed by atoms with van der Waals surface area (Å²) in [6, 6.07) is 8.22. The van der Waals surface area contributed by atoms with Gasteiger partial charge in [0.25, 0.3) is 5.97 Å². The second-order valence-corrected chi connectivity index (χ2v) is 4.06. The molecule has 0 unspecified atom stereocenters. The second-order valence-electron chi connectivity index (χ2n) is 4.06. The molecule has 0 amide bonds. The number of carboxylic acid groups (broad SMARTS) is 1. The van der Waals surface area contributed by atoms with Crippen LogP contribution in [0.25, 0.3) is 0 Å². The van der Waals surface area contributed by atoms with Crippen LogP contribution < -0.4 is 5.73 Å². The summed E-state index contributed by atoms with van der Waals surface area (Å²) in [5, 5.41) is 7.42. The molecule has 0 saturated heterocycles. The quantitative estimate of drug-likeness (QED) is 0.745. The van der Waals surface area contributed by atoms with E-state index in [1.165, 1.54) is 11.1 Å². The van der Waals surface area contributed by atoms with Gasteiger partial charge in [0.05, 0.1) is 0 Å². The molecule has 1 rings (SSSR count). The summed E-state index contributed by atoms with van der Waals surface area (Å²) in [4.78, 5) is 9.00. The second kappa shape index (κ2) is 5.51. The number of carbonyl (C=O) groups is 1. The molecule has 3 nitrogen and oxygen atoms in total. The topological polar surface area (TPSA) is 63.3 Å². The van der Waals surface area contributed by atoms with Crippen LogP contribution in [0.15, 0.2) is 24.3 Å². The van der Waals surface area contributed by atoms with E-state index >= 15 is 0 Å². The van der Waals surface area contributed by atoms with E-state index in [1.807, 2.05) is 26.0 Å². The van der Waals surface area contributed by atoms with Gasteiger partial charge in [-0.25, -0.2) is 0 Å². The molecule has 15 heavy (non-hydrogen) atoms. The van der Waals surface area contributed by atoms with Gasteiger partial charge >= 0.3 is 0 Å². The van der Waals surface area contributed by atoms with E-state index in [0.717, 1.165) is 6.92 Å². The van der Waals surface area contributed by atoms with E-state index in [-0.39, 0.29) is 5.54 Å². The Hall–Kier alpha value is -1.35. The molecular formula is C12H19NO2. The third-order valence-corrected chi connectivity index (χ3v) is 1.84. The van der Waals surface area contributed by atoms with E-state index in [1.54, 1.807) is 0 Å². The molecule has 0 heterocycles. The number of benzene rings is 1. The predicted octanol–water partition coefficient (Wildman–Crippen LogP) is 2.28. The summed E-state index contributed by atoms with van der Waals surface area (Å²) in [7, 11) is 0. The summed E-state index contributed by atoms with van der Waals surface area (Å²) < 4.78 is 0. The van der Waals surface area contributed by atoms with Crippen LogP contribution in [0.5, 0.6) is 0 Å². The first kappa shape index (κ1) is 13.7. The summed E-state index contributed by atoms with van der Waals surface area (Å²) in [5.74, 6) is -0.833. The first-order chi connectivity index (χ1) is 6.75. The number of rotatable bonds is 1. The fraction of sp³-hybridized carbons (Fsp3) is 0.417. The minimum atomic E-state index is -0.833. The van der Waals surface area contributed by atoms with Gasteiger partial charge in [-0.05, 0) is 31.9 Å². The Kier molecular flexibility index (Phi) is 5.02. The molecular weight excluding hydrogens is 190 g/mol. The standard InChI is InChI=1S/C10H15N.C2H4O2/c1-8-6-4-5-7-9(8)10(2,3)11;1-2(3)4/h4-7H,11H2,1-3H3;1H3,(H,3,4). The number of hydrogen-bond donors (Lipinski definition) is 2. The van der Waals surface area contributed by atoms with E-state index in [9.17, 15) is 0 Å². The highest BCUT2D eigenvalue weighted by molar-refractivity contribution is 5.62. The smallest absolute Gasteiger partial charge is 0.300 e.